The van der Waals surface area contributed by atoms with Crippen LogP contribution in [0.15, 0.2) is 17.6 Å². The molecule has 0 aromatic heterocycles. The molecule has 0 bridgehead atoms. The molecule has 0 radical (unpaired) electrons. The van der Waals surface area contributed by atoms with E-state index in [4.69, 9.17) is 0 Å². The second-order valence-electron chi connectivity index (χ2n) is 4.04. The smallest absolute Gasteiger partial charge is 0.191 e. The van der Waals surface area contributed by atoms with Gasteiger partial charge in [-0.1, -0.05) is 6.08 Å². The topological polar surface area (TPSA) is 39.7 Å². The summed E-state index contributed by atoms with van der Waals surface area (Å²) in [5, 5.41) is 6.49. The summed E-state index contributed by atoms with van der Waals surface area (Å²) in [6.45, 7) is 7.82. The second kappa shape index (κ2) is 6.45. The largest absolute Gasteiger partial charge is 0.356 e. The summed E-state index contributed by atoms with van der Waals surface area (Å²) < 4.78 is 0. The first-order valence-electron chi connectivity index (χ1n) is 5.50. The van der Waals surface area contributed by atoms with Crippen LogP contribution in [0, 0.1) is 5.92 Å². The molecule has 2 N–H and O–H groups in total. The molecule has 1 rings (SSSR count). The fourth-order valence-electron chi connectivity index (χ4n) is 1.82. The van der Waals surface area contributed by atoms with Crippen LogP contribution in [0.4, 0.5) is 0 Å². The van der Waals surface area contributed by atoms with Crippen molar-refractivity contribution in [2.24, 2.45) is 10.9 Å². The van der Waals surface area contributed by atoms with Crippen molar-refractivity contribution >= 4 is 5.96 Å². The second-order valence-corrected chi connectivity index (χ2v) is 4.04. The van der Waals surface area contributed by atoms with Crippen molar-refractivity contribution in [2.45, 2.75) is 6.42 Å². The van der Waals surface area contributed by atoms with Gasteiger partial charge in [-0.15, -0.1) is 6.58 Å². The van der Waals surface area contributed by atoms with E-state index >= 15 is 0 Å². The van der Waals surface area contributed by atoms with Gasteiger partial charge in [-0.05, 0) is 25.9 Å². The van der Waals surface area contributed by atoms with Crippen LogP contribution >= 0.6 is 0 Å². The molecule has 4 nitrogen and oxygen atoms in total. The molecule has 15 heavy (non-hydrogen) atoms. The lowest BCUT2D eigenvalue weighted by atomic mass is 10.1. The number of hydrogen-bond donors (Lipinski definition) is 2. The zero-order chi connectivity index (χ0) is 11.1. The third-order valence-corrected chi connectivity index (χ3v) is 2.68. The van der Waals surface area contributed by atoms with Gasteiger partial charge in [-0.3, -0.25) is 4.99 Å². The van der Waals surface area contributed by atoms with Crippen molar-refractivity contribution in [3.8, 4) is 0 Å². The number of nitrogens with zero attached hydrogens (tertiary/aromatic N) is 2. The SMILES string of the molecule is C=CCNC(=NC)NCC1CCN(C)C1. The lowest BCUT2D eigenvalue weighted by Crippen LogP contribution is -2.40. The van der Waals surface area contributed by atoms with E-state index < -0.39 is 0 Å². The maximum absolute atomic E-state index is 4.14. The highest BCUT2D eigenvalue weighted by molar-refractivity contribution is 5.79. The molecular weight excluding hydrogens is 188 g/mol. The van der Waals surface area contributed by atoms with Gasteiger partial charge in [0, 0.05) is 26.7 Å². The van der Waals surface area contributed by atoms with Crippen molar-refractivity contribution in [1.29, 1.82) is 0 Å². The number of guanidine groups is 1. The van der Waals surface area contributed by atoms with Crippen molar-refractivity contribution in [1.82, 2.24) is 15.5 Å². The van der Waals surface area contributed by atoms with Gasteiger partial charge < -0.3 is 15.5 Å². The number of nitrogens with one attached hydrogen (secondary N) is 2. The summed E-state index contributed by atoms with van der Waals surface area (Å²) in [6, 6.07) is 0. The van der Waals surface area contributed by atoms with E-state index in [9.17, 15) is 0 Å². The van der Waals surface area contributed by atoms with Gasteiger partial charge in [-0.25, -0.2) is 0 Å². The van der Waals surface area contributed by atoms with Crippen molar-refractivity contribution in [3.05, 3.63) is 12.7 Å². The van der Waals surface area contributed by atoms with Crippen LogP contribution in [0.2, 0.25) is 0 Å². The van der Waals surface area contributed by atoms with Crippen LogP contribution in [-0.2, 0) is 0 Å². The Morgan fingerprint density at radius 3 is 2.93 bits per heavy atom. The highest BCUT2D eigenvalue weighted by atomic mass is 15.2. The van der Waals surface area contributed by atoms with E-state index in [1.807, 2.05) is 6.08 Å². The Hall–Kier alpha value is -1.03. The number of rotatable bonds is 4. The first kappa shape index (κ1) is 12.0. The van der Waals surface area contributed by atoms with Crippen molar-refractivity contribution in [3.63, 3.8) is 0 Å². The molecule has 0 saturated carbocycles. The van der Waals surface area contributed by atoms with Crippen LogP contribution in [-0.4, -0.2) is 51.1 Å². The van der Waals surface area contributed by atoms with E-state index in [0.29, 0.717) is 0 Å². The summed E-state index contributed by atoms with van der Waals surface area (Å²) in [5.41, 5.74) is 0. The Kier molecular flexibility index (Phi) is 5.18. The van der Waals surface area contributed by atoms with E-state index in [2.05, 4.69) is 34.2 Å². The van der Waals surface area contributed by atoms with Gasteiger partial charge in [0.15, 0.2) is 5.96 Å². The number of likely N-dealkylation sites (tertiary alicyclic amines) is 1. The molecule has 1 aliphatic heterocycles. The quantitative estimate of drug-likeness (QED) is 0.398. The Morgan fingerprint density at radius 1 is 1.60 bits per heavy atom. The molecule has 4 heteroatoms. The molecule has 1 fully saturated rings. The average molecular weight is 210 g/mol. The fraction of sp³-hybridized carbons (Fsp3) is 0.727. The standard InChI is InChI=1S/C11H22N4/c1-4-6-13-11(12-2)14-8-10-5-7-15(3)9-10/h4,10H,1,5-9H2,2-3H3,(H2,12,13,14). The van der Waals surface area contributed by atoms with Crippen LogP contribution in [0.1, 0.15) is 6.42 Å². The Morgan fingerprint density at radius 2 is 2.40 bits per heavy atom. The van der Waals surface area contributed by atoms with Gasteiger partial charge in [0.25, 0.3) is 0 Å². The Labute approximate surface area is 92.4 Å². The molecule has 0 amide bonds. The van der Waals surface area contributed by atoms with Gasteiger partial charge in [-0.2, -0.15) is 0 Å². The maximum Gasteiger partial charge on any atom is 0.191 e. The predicted octanol–water partition coefficient (Wildman–Crippen LogP) is 0.289. The van der Waals surface area contributed by atoms with E-state index in [1.165, 1.54) is 19.5 Å². The number of aliphatic imine (C=N–C) groups is 1. The summed E-state index contributed by atoms with van der Waals surface area (Å²) in [6.07, 6.45) is 3.11. The van der Waals surface area contributed by atoms with Crippen LogP contribution in [0.5, 0.6) is 0 Å². The van der Waals surface area contributed by atoms with Crippen LogP contribution in [0.3, 0.4) is 0 Å². The van der Waals surface area contributed by atoms with Crippen LogP contribution in [0.25, 0.3) is 0 Å². The molecule has 0 spiro atoms. The molecule has 1 heterocycles. The van der Waals surface area contributed by atoms with E-state index in [-0.39, 0.29) is 0 Å². The summed E-state index contributed by atoms with van der Waals surface area (Å²) >= 11 is 0. The minimum atomic E-state index is 0.747. The Bertz CT molecular complexity index is 225. The maximum atomic E-state index is 4.14. The lowest BCUT2D eigenvalue weighted by Gasteiger charge is -2.14. The molecule has 0 aliphatic carbocycles. The molecular formula is C11H22N4. The van der Waals surface area contributed by atoms with E-state index in [0.717, 1.165) is 25.0 Å². The van der Waals surface area contributed by atoms with Gasteiger partial charge in [0.05, 0.1) is 0 Å². The van der Waals surface area contributed by atoms with Gasteiger partial charge >= 0.3 is 0 Å². The van der Waals surface area contributed by atoms with Crippen LogP contribution < -0.4 is 10.6 Å². The summed E-state index contributed by atoms with van der Waals surface area (Å²) in [7, 11) is 3.96. The highest BCUT2D eigenvalue weighted by Crippen LogP contribution is 2.12. The van der Waals surface area contributed by atoms with Crippen molar-refractivity contribution in [2.75, 3.05) is 40.3 Å². The molecule has 1 unspecified atom stereocenters. The highest BCUT2D eigenvalue weighted by Gasteiger charge is 2.19. The normalized spacial score (nSPS) is 22.8. The average Bonchev–Trinajstić information content (AvgIpc) is 2.65. The minimum absolute atomic E-state index is 0.747. The fourth-order valence-corrected chi connectivity index (χ4v) is 1.82. The third-order valence-electron chi connectivity index (χ3n) is 2.68. The molecule has 1 aliphatic rings. The van der Waals surface area contributed by atoms with Gasteiger partial charge in [0.1, 0.15) is 0 Å². The zero-order valence-corrected chi connectivity index (χ0v) is 9.79. The lowest BCUT2D eigenvalue weighted by molar-refractivity contribution is 0.394. The predicted molar refractivity (Wildman–Crippen MR) is 65.2 cm³/mol. The number of hydrogen-bond acceptors (Lipinski definition) is 2. The third kappa shape index (κ3) is 4.34. The Balaban J connectivity index is 2.19. The molecule has 1 atom stereocenters. The molecule has 0 aromatic carbocycles. The monoisotopic (exact) mass is 210 g/mol. The van der Waals surface area contributed by atoms with E-state index in [1.54, 1.807) is 7.05 Å². The first-order valence-corrected chi connectivity index (χ1v) is 5.50. The zero-order valence-electron chi connectivity index (χ0n) is 9.79. The summed E-state index contributed by atoms with van der Waals surface area (Å²) in [5.74, 6) is 1.61. The molecule has 1 saturated heterocycles. The van der Waals surface area contributed by atoms with Crippen molar-refractivity contribution < 1.29 is 0 Å². The minimum Gasteiger partial charge on any atom is -0.356 e. The molecule has 0 aromatic rings. The van der Waals surface area contributed by atoms with Gasteiger partial charge in [0.2, 0.25) is 0 Å². The first-order chi connectivity index (χ1) is 7.26. The molecule has 86 valence electrons. The summed E-state index contributed by atoms with van der Waals surface area (Å²) in [4.78, 5) is 6.51.